The zero-order chi connectivity index (χ0) is 19.3. The van der Waals surface area contributed by atoms with Crippen molar-refractivity contribution in [3.8, 4) is 11.3 Å². The molecule has 26 heavy (non-hydrogen) atoms. The molecule has 1 unspecified atom stereocenters. The maximum Gasteiger partial charge on any atom is 0.159 e. The number of benzene rings is 1. The van der Waals surface area contributed by atoms with Crippen LogP contribution in [-0.4, -0.2) is 21.7 Å². The summed E-state index contributed by atoms with van der Waals surface area (Å²) in [7, 11) is 0. The van der Waals surface area contributed by atoms with E-state index < -0.39 is 28.7 Å². The molecular formula is C19H21F3N2O2. The van der Waals surface area contributed by atoms with Crippen molar-refractivity contribution in [1.82, 2.24) is 4.98 Å². The lowest BCUT2D eigenvalue weighted by atomic mass is 9.88. The average Bonchev–Trinajstić information content (AvgIpc) is 3.41. The summed E-state index contributed by atoms with van der Waals surface area (Å²) in [5.41, 5.74) is 2.45. The van der Waals surface area contributed by atoms with Gasteiger partial charge in [-0.15, -0.1) is 0 Å². The van der Waals surface area contributed by atoms with Gasteiger partial charge in [-0.1, -0.05) is 0 Å². The Labute approximate surface area is 149 Å². The first kappa shape index (κ1) is 18.8. The predicted octanol–water partition coefficient (Wildman–Crippen LogP) is 2.95. The summed E-state index contributed by atoms with van der Waals surface area (Å²) in [6.07, 6.45) is 1.51. The summed E-state index contributed by atoms with van der Waals surface area (Å²) in [6, 6.07) is 4.19. The van der Waals surface area contributed by atoms with Gasteiger partial charge in [0.15, 0.2) is 17.5 Å². The molecule has 0 spiro atoms. The van der Waals surface area contributed by atoms with Crippen molar-refractivity contribution in [3.63, 3.8) is 0 Å². The number of aliphatic hydroxyl groups is 2. The third kappa shape index (κ3) is 3.22. The lowest BCUT2D eigenvalue weighted by Gasteiger charge is -2.29. The van der Waals surface area contributed by atoms with Crippen LogP contribution in [0.15, 0.2) is 24.3 Å². The van der Waals surface area contributed by atoms with Crippen LogP contribution in [0.4, 0.5) is 13.2 Å². The van der Waals surface area contributed by atoms with Gasteiger partial charge in [-0.05, 0) is 56.9 Å². The van der Waals surface area contributed by atoms with Gasteiger partial charge in [0.1, 0.15) is 11.3 Å². The second-order valence-corrected chi connectivity index (χ2v) is 7.31. The van der Waals surface area contributed by atoms with E-state index in [0.717, 1.165) is 25.0 Å². The minimum absolute atomic E-state index is 0.00363. The summed E-state index contributed by atoms with van der Waals surface area (Å²) >= 11 is 0. The molecule has 0 amide bonds. The zero-order valence-corrected chi connectivity index (χ0v) is 14.6. The molecule has 1 saturated carbocycles. The molecule has 0 radical (unpaired) electrons. The summed E-state index contributed by atoms with van der Waals surface area (Å²) in [6.45, 7) is 2.66. The van der Waals surface area contributed by atoms with E-state index in [0.29, 0.717) is 0 Å². The zero-order valence-electron chi connectivity index (χ0n) is 14.6. The minimum Gasteiger partial charge on any atom is -0.386 e. The predicted molar refractivity (Wildman–Crippen MR) is 90.5 cm³/mol. The Kier molecular flexibility index (Phi) is 4.58. The summed E-state index contributed by atoms with van der Waals surface area (Å²) in [5.74, 6) is -3.18. The Morgan fingerprint density at radius 1 is 1.12 bits per heavy atom. The van der Waals surface area contributed by atoms with Crippen LogP contribution in [0.1, 0.15) is 37.9 Å². The largest absolute Gasteiger partial charge is 0.386 e. The highest BCUT2D eigenvalue weighted by molar-refractivity contribution is 5.62. The van der Waals surface area contributed by atoms with Crippen LogP contribution in [-0.2, 0) is 11.2 Å². The van der Waals surface area contributed by atoms with E-state index in [4.69, 9.17) is 5.73 Å². The fourth-order valence-electron chi connectivity index (χ4n) is 3.07. The van der Waals surface area contributed by atoms with Crippen molar-refractivity contribution in [1.29, 1.82) is 0 Å². The average molecular weight is 366 g/mol. The first-order valence-corrected chi connectivity index (χ1v) is 8.39. The van der Waals surface area contributed by atoms with E-state index in [-0.39, 0.29) is 35.0 Å². The van der Waals surface area contributed by atoms with Gasteiger partial charge in [0, 0.05) is 17.7 Å². The van der Waals surface area contributed by atoms with Crippen molar-refractivity contribution in [2.45, 2.75) is 37.9 Å². The summed E-state index contributed by atoms with van der Waals surface area (Å²) < 4.78 is 41.9. The number of pyridine rings is 1. The molecule has 1 atom stereocenters. The molecular weight excluding hydrogens is 345 g/mol. The molecule has 1 aromatic carbocycles. The third-order valence-corrected chi connectivity index (χ3v) is 4.82. The fraction of sp³-hybridized carbons (Fsp3) is 0.421. The van der Waals surface area contributed by atoms with E-state index in [2.05, 4.69) is 4.98 Å². The third-order valence-electron chi connectivity index (χ3n) is 4.82. The molecule has 4 nitrogen and oxygen atoms in total. The number of aromatic nitrogens is 1. The molecule has 2 aromatic rings. The van der Waals surface area contributed by atoms with E-state index in [1.54, 1.807) is 0 Å². The van der Waals surface area contributed by atoms with E-state index in [1.165, 1.54) is 26.0 Å². The quantitative estimate of drug-likeness (QED) is 0.760. The Hall–Kier alpha value is -1.96. The Morgan fingerprint density at radius 3 is 2.27 bits per heavy atom. The van der Waals surface area contributed by atoms with E-state index in [9.17, 15) is 19.0 Å². The number of nitrogens with two attached hydrogens (primary N) is 1. The number of hydrogen-bond acceptors (Lipinski definition) is 4. The van der Waals surface area contributed by atoms with Gasteiger partial charge in [0.2, 0.25) is 0 Å². The molecule has 1 heterocycles. The standard InChI is InChI=1S/C19H21F3N2O2/c1-18(2,25)12-8-15(19(26,9-23)11-4-5-11)24-17(16(12)22)10-3-6-13(20)14(21)7-10/h3,6-8,11,25-26H,4-5,9,23H2,1-2H3. The van der Waals surface area contributed by atoms with Gasteiger partial charge in [-0.2, -0.15) is 0 Å². The highest BCUT2D eigenvalue weighted by Crippen LogP contribution is 2.46. The Balaban J connectivity index is 2.26. The molecule has 0 bridgehead atoms. The highest BCUT2D eigenvalue weighted by Gasteiger charge is 2.46. The Bertz CT molecular complexity index is 847. The molecule has 7 heteroatoms. The lowest BCUT2D eigenvalue weighted by molar-refractivity contribution is 0.0169. The molecule has 140 valence electrons. The second kappa shape index (κ2) is 6.33. The monoisotopic (exact) mass is 366 g/mol. The molecule has 1 aliphatic carbocycles. The van der Waals surface area contributed by atoms with Crippen LogP contribution in [0.3, 0.4) is 0 Å². The van der Waals surface area contributed by atoms with Gasteiger partial charge >= 0.3 is 0 Å². The van der Waals surface area contributed by atoms with Crippen molar-refractivity contribution in [3.05, 3.63) is 53.0 Å². The summed E-state index contributed by atoms with van der Waals surface area (Å²) in [5, 5.41) is 21.3. The first-order chi connectivity index (χ1) is 12.1. The van der Waals surface area contributed by atoms with Crippen LogP contribution in [0.25, 0.3) is 11.3 Å². The maximum absolute atomic E-state index is 15.0. The van der Waals surface area contributed by atoms with Crippen LogP contribution >= 0.6 is 0 Å². The maximum atomic E-state index is 15.0. The minimum atomic E-state index is -1.58. The molecule has 1 aromatic heterocycles. The number of hydrogen-bond donors (Lipinski definition) is 3. The van der Waals surface area contributed by atoms with Gasteiger partial charge < -0.3 is 15.9 Å². The van der Waals surface area contributed by atoms with Gasteiger partial charge in [-0.3, -0.25) is 0 Å². The number of rotatable bonds is 5. The van der Waals surface area contributed by atoms with Crippen LogP contribution in [0.2, 0.25) is 0 Å². The van der Waals surface area contributed by atoms with Crippen LogP contribution in [0, 0.1) is 23.4 Å². The van der Waals surface area contributed by atoms with Crippen molar-refractivity contribution in [2.24, 2.45) is 11.7 Å². The van der Waals surface area contributed by atoms with Crippen LogP contribution in [0.5, 0.6) is 0 Å². The Morgan fingerprint density at radius 2 is 1.77 bits per heavy atom. The smallest absolute Gasteiger partial charge is 0.159 e. The topological polar surface area (TPSA) is 79.4 Å². The lowest BCUT2D eigenvalue weighted by Crippen LogP contribution is -2.38. The van der Waals surface area contributed by atoms with Crippen LogP contribution < -0.4 is 5.73 Å². The van der Waals surface area contributed by atoms with Gasteiger partial charge in [-0.25, -0.2) is 18.2 Å². The molecule has 1 fully saturated rings. The fourth-order valence-corrected chi connectivity index (χ4v) is 3.07. The molecule has 0 saturated heterocycles. The van der Waals surface area contributed by atoms with Crippen molar-refractivity contribution < 1.29 is 23.4 Å². The van der Waals surface area contributed by atoms with Gasteiger partial charge in [0.25, 0.3) is 0 Å². The highest BCUT2D eigenvalue weighted by atomic mass is 19.2. The normalized spacial score (nSPS) is 17.2. The second-order valence-electron chi connectivity index (χ2n) is 7.31. The molecule has 3 rings (SSSR count). The molecule has 0 aliphatic heterocycles. The molecule has 1 aliphatic rings. The molecule has 4 N–H and O–H groups in total. The number of halogens is 3. The van der Waals surface area contributed by atoms with E-state index in [1.807, 2.05) is 0 Å². The summed E-state index contributed by atoms with van der Waals surface area (Å²) in [4.78, 5) is 4.19. The first-order valence-electron chi connectivity index (χ1n) is 8.39. The van der Waals surface area contributed by atoms with Crippen molar-refractivity contribution in [2.75, 3.05) is 6.54 Å². The van der Waals surface area contributed by atoms with E-state index >= 15 is 4.39 Å². The number of nitrogens with zero attached hydrogens (tertiary/aromatic N) is 1. The van der Waals surface area contributed by atoms with Gasteiger partial charge in [0.05, 0.1) is 11.3 Å². The van der Waals surface area contributed by atoms with Crippen molar-refractivity contribution >= 4 is 0 Å². The SMILES string of the molecule is CC(C)(O)c1cc(C(O)(CN)C2CC2)nc(-c2ccc(F)c(F)c2)c1F.